The molecular weight excluding hydrogens is 264 g/mol. The number of hydrogen-bond donors (Lipinski definition) is 0. The molecule has 1 atom stereocenters. The van der Waals surface area contributed by atoms with Gasteiger partial charge in [-0.2, -0.15) is 4.98 Å². The average molecular weight is 280 g/mol. The van der Waals surface area contributed by atoms with Gasteiger partial charge in [0.25, 0.3) is 0 Å². The topological polar surface area (TPSA) is 55.1 Å². The average Bonchev–Trinajstić information content (AvgIpc) is 3.15. The Bertz CT molecular complexity index is 777. The van der Waals surface area contributed by atoms with Gasteiger partial charge in [-0.1, -0.05) is 29.4 Å². The van der Waals surface area contributed by atoms with Gasteiger partial charge in [-0.3, -0.25) is 9.88 Å². The van der Waals surface area contributed by atoms with Crippen molar-refractivity contribution in [2.75, 3.05) is 13.6 Å². The SMILES string of the molecule is CN1CCC[C@@H]1c1nc(-c2nccc3ccccc23)no1. The van der Waals surface area contributed by atoms with Crippen molar-refractivity contribution >= 4 is 10.8 Å². The maximum absolute atomic E-state index is 5.48. The Hall–Kier alpha value is -2.27. The highest BCUT2D eigenvalue weighted by Gasteiger charge is 2.28. The second-order valence-electron chi connectivity index (χ2n) is 5.48. The molecule has 0 amide bonds. The summed E-state index contributed by atoms with van der Waals surface area (Å²) in [6.07, 6.45) is 4.03. The van der Waals surface area contributed by atoms with E-state index >= 15 is 0 Å². The van der Waals surface area contributed by atoms with Gasteiger partial charge in [-0.15, -0.1) is 0 Å². The Labute approximate surface area is 122 Å². The summed E-state index contributed by atoms with van der Waals surface area (Å²) in [5.74, 6) is 1.27. The van der Waals surface area contributed by atoms with Crippen LogP contribution < -0.4 is 0 Å². The van der Waals surface area contributed by atoms with Gasteiger partial charge in [0.15, 0.2) is 0 Å². The molecule has 0 N–H and O–H groups in total. The molecule has 0 unspecified atom stereocenters. The Kier molecular flexibility index (Phi) is 2.93. The second-order valence-corrected chi connectivity index (χ2v) is 5.48. The summed E-state index contributed by atoms with van der Waals surface area (Å²) in [6, 6.07) is 10.3. The summed E-state index contributed by atoms with van der Waals surface area (Å²) in [6.45, 7) is 1.08. The van der Waals surface area contributed by atoms with Gasteiger partial charge in [-0.25, -0.2) is 0 Å². The second kappa shape index (κ2) is 4.93. The number of aromatic nitrogens is 3. The van der Waals surface area contributed by atoms with Gasteiger partial charge in [0, 0.05) is 11.6 Å². The van der Waals surface area contributed by atoms with Crippen LogP contribution >= 0.6 is 0 Å². The van der Waals surface area contributed by atoms with Crippen molar-refractivity contribution in [3.8, 4) is 11.5 Å². The highest BCUT2D eigenvalue weighted by Crippen LogP contribution is 2.31. The van der Waals surface area contributed by atoms with Crippen molar-refractivity contribution in [1.29, 1.82) is 0 Å². The predicted octanol–water partition coefficient (Wildman–Crippen LogP) is 3.05. The van der Waals surface area contributed by atoms with Crippen LogP contribution in [0.2, 0.25) is 0 Å². The van der Waals surface area contributed by atoms with Crippen LogP contribution in [0.5, 0.6) is 0 Å². The van der Waals surface area contributed by atoms with Crippen LogP contribution in [0, 0.1) is 0 Å². The normalized spacial score (nSPS) is 19.4. The predicted molar refractivity (Wildman–Crippen MR) is 79.6 cm³/mol. The third-order valence-corrected chi connectivity index (χ3v) is 4.13. The standard InChI is InChI=1S/C16H16N4O/c1-20-10-4-7-13(20)16-18-15(19-21-16)14-12-6-3-2-5-11(12)8-9-17-14/h2-3,5-6,8-9,13H,4,7,10H2,1H3/t13-/m1/s1. The van der Waals surface area contributed by atoms with Gasteiger partial charge >= 0.3 is 0 Å². The highest BCUT2D eigenvalue weighted by molar-refractivity contribution is 5.92. The number of nitrogens with zero attached hydrogens (tertiary/aromatic N) is 4. The minimum Gasteiger partial charge on any atom is -0.337 e. The molecule has 1 aromatic carbocycles. The van der Waals surface area contributed by atoms with Crippen LogP contribution in [0.1, 0.15) is 24.8 Å². The molecule has 1 aliphatic rings. The minimum absolute atomic E-state index is 0.237. The van der Waals surface area contributed by atoms with Crippen molar-refractivity contribution in [3.63, 3.8) is 0 Å². The number of rotatable bonds is 2. The Morgan fingerprint density at radius 1 is 1.24 bits per heavy atom. The van der Waals surface area contributed by atoms with Gasteiger partial charge in [0.05, 0.1) is 6.04 Å². The summed E-state index contributed by atoms with van der Waals surface area (Å²) in [5, 5.41) is 6.32. The molecule has 3 aromatic rings. The first-order valence-corrected chi connectivity index (χ1v) is 7.21. The fourth-order valence-electron chi connectivity index (χ4n) is 2.99. The van der Waals surface area contributed by atoms with Gasteiger partial charge in [0.2, 0.25) is 11.7 Å². The third-order valence-electron chi connectivity index (χ3n) is 4.13. The zero-order valence-electron chi connectivity index (χ0n) is 11.9. The van der Waals surface area contributed by atoms with Gasteiger partial charge < -0.3 is 4.52 Å². The number of fused-ring (bicyclic) bond motifs is 1. The van der Waals surface area contributed by atoms with Crippen molar-refractivity contribution < 1.29 is 4.52 Å². The monoisotopic (exact) mass is 280 g/mol. The smallest absolute Gasteiger partial charge is 0.244 e. The van der Waals surface area contributed by atoms with E-state index in [1.807, 2.05) is 24.3 Å². The van der Waals surface area contributed by atoms with Crippen LogP contribution in [-0.4, -0.2) is 33.6 Å². The lowest BCUT2D eigenvalue weighted by atomic mass is 10.1. The molecule has 1 fully saturated rings. The largest absolute Gasteiger partial charge is 0.337 e. The molecule has 0 bridgehead atoms. The van der Waals surface area contributed by atoms with Crippen molar-refractivity contribution in [1.82, 2.24) is 20.0 Å². The molecule has 0 spiro atoms. The van der Waals surface area contributed by atoms with Crippen molar-refractivity contribution in [3.05, 3.63) is 42.4 Å². The fourth-order valence-corrected chi connectivity index (χ4v) is 2.99. The van der Waals surface area contributed by atoms with E-state index in [-0.39, 0.29) is 6.04 Å². The van der Waals surface area contributed by atoms with Crippen LogP contribution in [0.4, 0.5) is 0 Å². The Balaban J connectivity index is 1.78. The maximum atomic E-state index is 5.48. The molecule has 1 aliphatic heterocycles. The fraction of sp³-hybridized carbons (Fsp3) is 0.312. The van der Waals surface area contributed by atoms with E-state index in [4.69, 9.17) is 4.52 Å². The van der Waals surface area contributed by atoms with Crippen LogP contribution in [0.15, 0.2) is 41.1 Å². The number of likely N-dealkylation sites (tertiary alicyclic amines) is 1. The highest BCUT2D eigenvalue weighted by atomic mass is 16.5. The summed E-state index contributed by atoms with van der Waals surface area (Å²) in [7, 11) is 2.09. The molecule has 2 aromatic heterocycles. The Morgan fingerprint density at radius 2 is 2.14 bits per heavy atom. The van der Waals surface area contributed by atoms with E-state index in [1.54, 1.807) is 6.20 Å². The lowest BCUT2D eigenvalue weighted by Gasteiger charge is -2.14. The Morgan fingerprint density at radius 3 is 3.00 bits per heavy atom. The molecule has 3 heterocycles. The molecule has 0 saturated carbocycles. The van der Waals surface area contributed by atoms with Gasteiger partial charge in [0.1, 0.15) is 5.69 Å². The number of pyridine rings is 1. The maximum Gasteiger partial charge on any atom is 0.244 e. The number of hydrogen-bond acceptors (Lipinski definition) is 5. The molecule has 5 heteroatoms. The molecule has 5 nitrogen and oxygen atoms in total. The molecule has 106 valence electrons. The summed E-state index contributed by atoms with van der Waals surface area (Å²) < 4.78 is 5.48. The first-order chi connectivity index (χ1) is 10.3. The van der Waals surface area contributed by atoms with E-state index in [2.05, 4.69) is 33.1 Å². The van der Waals surface area contributed by atoms with Crippen molar-refractivity contribution in [2.45, 2.75) is 18.9 Å². The van der Waals surface area contributed by atoms with E-state index in [0.29, 0.717) is 11.7 Å². The summed E-state index contributed by atoms with van der Waals surface area (Å²) in [5.41, 5.74) is 0.781. The van der Waals surface area contributed by atoms with Gasteiger partial charge in [-0.05, 0) is 37.9 Å². The minimum atomic E-state index is 0.237. The first kappa shape index (κ1) is 12.5. The van der Waals surface area contributed by atoms with E-state index in [1.165, 1.54) is 6.42 Å². The lowest BCUT2D eigenvalue weighted by molar-refractivity contribution is 0.245. The zero-order valence-corrected chi connectivity index (χ0v) is 11.9. The molecule has 4 rings (SSSR count). The molecule has 0 aliphatic carbocycles. The van der Waals surface area contributed by atoms with E-state index in [9.17, 15) is 0 Å². The van der Waals surface area contributed by atoms with Crippen LogP contribution in [0.3, 0.4) is 0 Å². The van der Waals surface area contributed by atoms with Crippen LogP contribution in [0.25, 0.3) is 22.3 Å². The molecule has 21 heavy (non-hydrogen) atoms. The first-order valence-electron chi connectivity index (χ1n) is 7.21. The third kappa shape index (κ3) is 2.10. The quantitative estimate of drug-likeness (QED) is 0.722. The molecular formula is C16H16N4O. The lowest BCUT2D eigenvalue weighted by Crippen LogP contribution is -2.17. The summed E-state index contributed by atoms with van der Waals surface area (Å²) >= 11 is 0. The van der Waals surface area contributed by atoms with Crippen LogP contribution in [-0.2, 0) is 0 Å². The number of benzene rings is 1. The molecule has 0 radical (unpaired) electrons. The zero-order chi connectivity index (χ0) is 14.2. The van der Waals surface area contributed by atoms with Crippen molar-refractivity contribution in [2.24, 2.45) is 0 Å². The summed E-state index contributed by atoms with van der Waals surface area (Å²) in [4.78, 5) is 11.3. The molecule has 1 saturated heterocycles. The van der Waals surface area contributed by atoms with E-state index in [0.717, 1.165) is 29.4 Å². The van der Waals surface area contributed by atoms with E-state index < -0.39 is 0 Å².